The van der Waals surface area contributed by atoms with Gasteiger partial charge in [0.1, 0.15) is 6.07 Å². The van der Waals surface area contributed by atoms with Gasteiger partial charge in [-0.2, -0.15) is 5.26 Å². The van der Waals surface area contributed by atoms with Crippen molar-refractivity contribution < 1.29 is 0 Å². The molecular formula is C15H14N6S. The Morgan fingerprint density at radius 1 is 1.36 bits per heavy atom. The SMILES string of the molecule is N#Cc1c(CSc2nnc(C3CC3)n2N)cn2ccccc12. The van der Waals surface area contributed by atoms with Crippen LogP contribution in [0.5, 0.6) is 0 Å². The van der Waals surface area contributed by atoms with Crippen LogP contribution in [0.1, 0.15) is 35.7 Å². The first kappa shape index (κ1) is 13.2. The van der Waals surface area contributed by atoms with E-state index in [1.165, 1.54) is 11.8 Å². The van der Waals surface area contributed by atoms with Crippen molar-refractivity contribution in [2.45, 2.75) is 29.7 Å². The predicted molar refractivity (Wildman–Crippen MR) is 83.8 cm³/mol. The number of nitrogens with zero attached hydrogens (tertiary/aromatic N) is 5. The van der Waals surface area contributed by atoms with Crippen LogP contribution >= 0.6 is 11.8 Å². The maximum Gasteiger partial charge on any atom is 0.210 e. The maximum absolute atomic E-state index is 9.41. The highest BCUT2D eigenvalue weighted by molar-refractivity contribution is 7.98. The molecule has 0 aromatic carbocycles. The van der Waals surface area contributed by atoms with E-state index in [9.17, 15) is 5.26 Å². The average Bonchev–Trinajstić information content (AvgIpc) is 3.21. The molecule has 0 radical (unpaired) electrons. The fourth-order valence-electron chi connectivity index (χ4n) is 2.56. The third kappa shape index (κ3) is 2.12. The van der Waals surface area contributed by atoms with Crippen LogP contribution in [0.15, 0.2) is 35.7 Å². The lowest BCUT2D eigenvalue weighted by atomic mass is 10.2. The smallest absolute Gasteiger partial charge is 0.210 e. The van der Waals surface area contributed by atoms with E-state index in [-0.39, 0.29) is 0 Å². The number of rotatable bonds is 4. The highest BCUT2D eigenvalue weighted by Gasteiger charge is 2.29. The van der Waals surface area contributed by atoms with Crippen LogP contribution in [0.25, 0.3) is 5.52 Å². The van der Waals surface area contributed by atoms with E-state index < -0.39 is 0 Å². The van der Waals surface area contributed by atoms with Crippen LogP contribution in [-0.2, 0) is 5.75 Å². The molecule has 3 aromatic heterocycles. The number of nitrogen functional groups attached to an aromatic ring is 1. The van der Waals surface area contributed by atoms with Gasteiger partial charge in [0.05, 0.1) is 11.1 Å². The van der Waals surface area contributed by atoms with Gasteiger partial charge in [0.25, 0.3) is 0 Å². The molecule has 0 atom stereocenters. The number of nitriles is 1. The first-order valence-corrected chi connectivity index (χ1v) is 8.08. The summed E-state index contributed by atoms with van der Waals surface area (Å²) in [6.45, 7) is 0. The number of nitrogens with two attached hydrogens (primary N) is 1. The third-order valence-electron chi connectivity index (χ3n) is 3.86. The highest BCUT2D eigenvalue weighted by atomic mass is 32.2. The van der Waals surface area contributed by atoms with Crippen LogP contribution < -0.4 is 5.84 Å². The molecule has 6 nitrogen and oxygen atoms in total. The minimum Gasteiger partial charge on any atom is -0.336 e. The van der Waals surface area contributed by atoms with E-state index in [4.69, 9.17) is 5.84 Å². The second kappa shape index (κ2) is 5.07. The van der Waals surface area contributed by atoms with Gasteiger partial charge < -0.3 is 10.2 Å². The molecule has 1 aliphatic carbocycles. The van der Waals surface area contributed by atoms with Crippen molar-refractivity contribution in [1.82, 2.24) is 19.3 Å². The van der Waals surface area contributed by atoms with Gasteiger partial charge in [-0.1, -0.05) is 17.8 Å². The van der Waals surface area contributed by atoms with Gasteiger partial charge in [-0.15, -0.1) is 10.2 Å². The zero-order valence-electron chi connectivity index (χ0n) is 11.8. The zero-order valence-corrected chi connectivity index (χ0v) is 12.6. The van der Waals surface area contributed by atoms with Gasteiger partial charge in [0, 0.05) is 24.1 Å². The first-order valence-electron chi connectivity index (χ1n) is 7.10. The average molecular weight is 310 g/mol. The van der Waals surface area contributed by atoms with Gasteiger partial charge >= 0.3 is 0 Å². The van der Waals surface area contributed by atoms with E-state index in [0.29, 0.717) is 22.4 Å². The van der Waals surface area contributed by atoms with Crippen LogP contribution in [0, 0.1) is 11.3 Å². The Labute approximate surface area is 131 Å². The summed E-state index contributed by atoms with van der Waals surface area (Å²) in [5.41, 5.74) is 2.61. The van der Waals surface area contributed by atoms with Crippen LogP contribution in [0.4, 0.5) is 0 Å². The second-order valence-electron chi connectivity index (χ2n) is 5.41. The number of hydrogen-bond acceptors (Lipinski definition) is 5. The van der Waals surface area contributed by atoms with Gasteiger partial charge in [-0.3, -0.25) is 0 Å². The minimum absolute atomic E-state index is 0.471. The van der Waals surface area contributed by atoms with Gasteiger partial charge in [0.2, 0.25) is 5.16 Å². The molecule has 1 aliphatic rings. The van der Waals surface area contributed by atoms with E-state index in [2.05, 4.69) is 16.3 Å². The van der Waals surface area contributed by atoms with E-state index >= 15 is 0 Å². The summed E-state index contributed by atoms with van der Waals surface area (Å²) in [6, 6.07) is 8.13. The summed E-state index contributed by atoms with van der Waals surface area (Å²) in [5.74, 6) is 8.03. The van der Waals surface area contributed by atoms with E-state index in [1.807, 2.05) is 35.0 Å². The zero-order chi connectivity index (χ0) is 15.1. The number of aromatic nitrogens is 4. The fourth-order valence-corrected chi connectivity index (χ4v) is 3.40. The standard InChI is InChI=1S/C15H14N6S/c16-7-12-11(8-20-6-2-1-3-13(12)20)9-22-15-19-18-14(21(15)17)10-4-5-10/h1-3,6,8,10H,4-5,9,17H2. The van der Waals surface area contributed by atoms with Crippen molar-refractivity contribution in [2.24, 2.45) is 0 Å². The van der Waals surface area contributed by atoms with Crippen LogP contribution in [-0.4, -0.2) is 19.3 Å². The van der Waals surface area contributed by atoms with Crippen LogP contribution in [0.2, 0.25) is 0 Å². The lowest BCUT2D eigenvalue weighted by molar-refractivity contribution is 0.790. The van der Waals surface area contributed by atoms with Crippen molar-refractivity contribution in [2.75, 3.05) is 5.84 Å². The van der Waals surface area contributed by atoms with Crippen molar-refractivity contribution in [3.63, 3.8) is 0 Å². The normalized spacial score (nSPS) is 14.3. The number of pyridine rings is 1. The predicted octanol–water partition coefficient (Wildman–Crippen LogP) is 2.29. The lowest BCUT2D eigenvalue weighted by Gasteiger charge is -2.02. The summed E-state index contributed by atoms with van der Waals surface area (Å²) in [6.07, 6.45) is 6.22. The molecule has 1 fully saturated rings. The van der Waals surface area contributed by atoms with Crippen molar-refractivity contribution in [3.05, 3.63) is 47.5 Å². The molecule has 0 bridgehead atoms. The van der Waals surface area contributed by atoms with E-state index in [1.54, 1.807) is 4.68 Å². The Bertz CT molecular complexity index is 883. The molecule has 3 aromatic rings. The Kier molecular flexibility index (Phi) is 3.05. The molecule has 110 valence electrons. The molecule has 0 unspecified atom stereocenters. The Hall–Kier alpha value is -2.46. The topological polar surface area (TPSA) is 84.9 Å². The molecule has 7 heteroatoms. The summed E-state index contributed by atoms with van der Waals surface area (Å²) in [5, 5.41) is 18.4. The molecule has 0 saturated heterocycles. The molecule has 0 aliphatic heterocycles. The quantitative estimate of drug-likeness (QED) is 0.590. The van der Waals surface area contributed by atoms with Gasteiger partial charge in [-0.05, 0) is 30.5 Å². The molecule has 1 saturated carbocycles. The molecule has 4 rings (SSSR count). The first-order chi connectivity index (χ1) is 10.8. The molecule has 2 N–H and O–H groups in total. The van der Waals surface area contributed by atoms with Crippen molar-refractivity contribution in [1.29, 1.82) is 5.26 Å². The summed E-state index contributed by atoms with van der Waals surface area (Å²) >= 11 is 1.51. The Balaban J connectivity index is 1.60. The number of hydrogen-bond donors (Lipinski definition) is 1. The monoisotopic (exact) mass is 310 g/mol. The molecule has 0 spiro atoms. The third-order valence-corrected chi connectivity index (χ3v) is 4.86. The maximum atomic E-state index is 9.41. The fraction of sp³-hybridized carbons (Fsp3) is 0.267. The van der Waals surface area contributed by atoms with Crippen LogP contribution in [0.3, 0.4) is 0 Å². The largest absolute Gasteiger partial charge is 0.336 e. The van der Waals surface area contributed by atoms with Gasteiger partial charge in [-0.25, -0.2) is 4.68 Å². The molecule has 0 amide bonds. The number of thioether (sulfide) groups is 1. The number of fused-ring (bicyclic) bond motifs is 1. The summed E-state index contributed by atoms with van der Waals surface area (Å²) < 4.78 is 3.56. The van der Waals surface area contributed by atoms with E-state index in [0.717, 1.165) is 29.7 Å². The molecular weight excluding hydrogens is 296 g/mol. The van der Waals surface area contributed by atoms with Crippen molar-refractivity contribution >= 4 is 17.3 Å². The minimum atomic E-state index is 0.471. The highest BCUT2D eigenvalue weighted by Crippen LogP contribution is 2.39. The summed E-state index contributed by atoms with van der Waals surface area (Å²) in [4.78, 5) is 0. The molecule has 3 heterocycles. The van der Waals surface area contributed by atoms with Gasteiger partial charge in [0.15, 0.2) is 5.82 Å². The lowest BCUT2D eigenvalue weighted by Crippen LogP contribution is -2.13. The Morgan fingerprint density at radius 3 is 3.00 bits per heavy atom. The Morgan fingerprint density at radius 2 is 2.23 bits per heavy atom. The van der Waals surface area contributed by atoms with Crippen molar-refractivity contribution in [3.8, 4) is 6.07 Å². The summed E-state index contributed by atoms with van der Waals surface area (Å²) in [7, 11) is 0. The second-order valence-corrected chi connectivity index (χ2v) is 6.35. The molecule has 22 heavy (non-hydrogen) atoms.